The van der Waals surface area contributed by atoms with Crippen molar-refractivity contribution in [2.75, 3.05) is 27.3 Å². The molecule has 140 valence electrons. The van der Waals surface area contributed by atoms with Gasteiger partial charge in [0, 0.05) is 18.7 Å². The van der Waals surface area contributed by atoms with Gasteiger partial charge in [0.15, 0.2) is 11.5 Å². The van der Waals surface area contributed by atoms with Crippen molar-refractivity contribution in [1.29, 1.82) is 0 Å². The quantitative estimate of drug-likeness (QED) is 0.753. The topological polar surface area (TPSA) is 90.9 Å². The van der Waals surface area contributed by atoms with Gasteiger partial charge in [0.1, 0.15) is 6.10 Å². The molecule has 0 aliphatic carbocycles. The Labute approximate surface area is 152 Å². The van der Waals surface area contributed by atoms with Crippen LogP contribution in [-0.2, 0) is 10.0 Å². The van der Waals surface area contributed by atoms with Crippen LogP contribution in [0.3, 0.4) is 0 Å². The van der Waals surface area contributed by atoms with Crippen molar-refractivity contribution in [3.05, 3.63) is 36.0 Å². The van der Waals surface area contributed by atoms with E-state index in [9.17, 15) is 8.42 Å². The van der Waals surface area contributed by atoms with E-state index >= 15 is 0 Å². The van der Waals surface area contributed by atoms with E-state index in [1.54, 1.807) is 18.2 Å². The number of hydrogen-bond acceptors (Lipinski definition) is 7. The maximum atomic E-state index is 12.9. The van der Waals surface area contributed by atoms with E-state index in [2.05, 4.69) is 10.2 Å². The molecule has 1 atom stereocenters. The van der Waals surface area contributed by atoms with Crippen LogP contribution in [0.2, 0.25) is 0 Å². The number of aryl methyl sites for hydroxylation is 1. The molecule has 2 aromatic rings. The van der Waals surface area contributed by atoms with Crippen LogP contribution in [0.15, 0.2) is 35.2 Å². The molecule has 1 aliphatic rings. The molecule has 0 spiro atoms. The van der Waals surface area contributed by atoms with Gasteiger partial charge < -0.3 is 14.2 Å². The SMILES string of the molecule is COc1ccc(S(=O)(=O)N2CC[C@H](Oc3ccc(C)nn3)C2)cc1OC. The number of rotatable bonds is 6. The smallest absolute Gasteiger partial charge is 0.243 e. The summed E-state index contributed by atoms with van der Waals surface area (Å²) in [6.45, 7) is 2.47. The predicted octanol–water partition coefficient (Wildman–Crippen LogP) is 1.64. The Morgan fingerprint density at radius 3 is 2.50 bits per heavy atom. The van der Waals surface area contributed by atoms with Gasteiger partial charge in [-0.15, -0.1) is 5.10 Å². The average Bonchev–Trinajstić information content (AvgIpc) is 3.12. The highest BCUT2D eigenvalue weighted by Gasteiger charge is 2.34. The van der Waals surface area contributed by atoms with Crippen LogP contribution in [0.5, 0.6) is 17.4 Å². The van der Waals surface area contributed by atoms with Crippen LogP contribution in [-0.4, -0.2) is 56.3 Å². The Morgan fingerprint density at radius 2 is 1.85 bits per heavy atom. The molecule has 3 rings (SSSR count). The van der Waals surface area contributed by atoms with E-state index in [1.165, 1.54) is 30.7 Å². The summed E-state index contributed by atoms with van der Waals surface area (Å²) in [5, 5.41) is 7.90. The molecule has 9 heteroatoms. The third-order valence-electron chi connectivity index (χ3n) is 4.16. The molecule has 1 aromatic heterocycles. The standard InChI is InChI=1S/C17H21N3O5S/c1-12-4-7-17(19-18-12)25-13-8-9-20(11-13)26(21,22)14-5-6-15(23-2)16(10-14)24-3/h4-7,10,13H,8-9,11H2,1-3H3/t13-/m0/s1. The van der Waals surface area contributed by atoms with Crippen LogP contribution < -0.4 is 14.2 Å². The summed E-state index contributed by atoms with van der Waals surface area (Å²) in [5.74, 6) is 1.24. The van der Waals surface area contributed by atoms with Crippen LogP contribution >= 0.6 is 0 Å². The first kappa shape index (κ1) is 18.4. The van der Waals surface area contributed by atoms with Crippen molar-refractivity contribution in [3.63, 3.8) is 0 Å². The number of hydrogen-bond donors (Lipinski definition) is 0. The van der Waals surface area contributed by atoms with Gasteiger partial charge in [0.05, 0.1) is 31.4 Å². The number of aromatic nitrogens is 2. The van der Waals surface area contributed by atoms with Crippen LogP contribution in [0.25, 0.3) is 0 Å². The fourth-order valence-corrected chi connectivity index (χ4v) is 4.26. The summed E-state index contributed by atoms with van der Waals surface area (Å²) in [6.07, 6.45) is 0.323. The molecule has 0 amide bonds. The number of methoxy groups -OCH3 is 2. The number of ether oxygens (including phenoxy) is 3. The molecular formula is C17H21N3O5S. The number of nitrogens with zero attached hydrogens (tertiary/aromatic N) is 3. The van der Waals surface area contributed by atoms with Crippen LogP contribution in [0.4, 0.5) is 0 Å². The maximum Gasteiger partial charge on any atom is 0.243 e. The Bertz CT molecular complexity index is 870. The zero-order valence-electron chi connectivity index (χ0n) is 14.9. The lowest BCUT2D eigenvalue weighted by Gasteiger charge is -2.18. The highest BCUT2D eigenvalue weighted by atomic mass is 32.2. The molecule has 0 N–H and O–H groups in total. The lowest BCUT2D eigenvalue weighted by Crippen LogP contribution is -2.31. The second-order valence-corrected chi connectivity index (χ2v) is 7.86. The minimum atomic E-state index is -3.65. The van der Waals surface area contributed by atoms with Gasteiger partial charge in [-0.25, -0.2) is 8.42 Å². The van der Waals surface area contributed by atoms with Crippen LogP contribution in [0.1, 0.15) is 12.1 Å². The molecule has 8 nitrogen and oxygen atoms in total. The molecule has 26 heavy (non-hydrogen) atoms. The second-order valence-electron chi connectivity index (χ2n) is 5.92. The summed E-state index contributed by atoms with van der Waals surface area (Å²) < 4.78 is 43.3. The van der Waals surface area contributed by atoms with Crippen molar-refractivity contribution in [1.82, 2.24) is 14.5 Å². The Hall–Kier alpha value is -2.39. The van der Waals surface area contributed by atoms with Crippen molar-refractivity contribution in [2.24, 2.45) is 0 Å². The molecule has 1 aliphatic heterocycles. The minimum absolute atomic E-state index is 0.158. The van der Waals surface area contributed by atoms with Gasteiger partial charge in [-0.1, -0.05) is 0 Å². The van der Waals surface area contributed by atoms with Crippen molar-refractivity contribution < 1.29 is 22.6 Å². The molecule has 0 bridgehead atoms. The molecule has 0 saturated carbocycles. The molecule has 2 heterocycles. The second kappa shape index (κ2) is 7.46. The van der Waals surface area contributed by atoms with Gasteiger partial charge in [-0.05, 0) is 31.5 Å². The minimum Gasteiger partial charge on any atom is -0.493 e. The largest absolute Gasteiger partial charge is 0.493 e. The van der Waals surface area contributed by atoms with Gasteiger partial charge in [-0.3, -0.25) is 0 Å². The van der Waals surface area contributed by atoms with Gasteiger partial charge in [0.25, 0.3) is 0 Å². The molecule has 1 saturated heterocycles. The molecular weight excluding hydrogens is 358 g/mol. The highest BCUT2D eigenvalue weighted by molar-refractivity contribution is 7.89. The van der Waals surface area contributed by atoms with E-state index in [1.807, 2.05) is 6.92 Å². The monoisotopic (exact) mass is 379 g/mol. The van der Waals surface area contributed by atoms with E-state index in [4.69, 9.17) is 14.2 Å². The van der Waals surface area contributed by atoms with E-state index in [0.29, 0.717) is 30.3 Å². The van der Waals surface area contributed by atoms with Gasteiger partial charge >= 0.3 is 0 Å². The summed E-state index contributed by atoms with van der Waals surface area (Å²) in [6, 6.07) is 8.09. The molecule has 0 unspecified atom stereocenters. The highest BCUT2D eigenvalue weighted by Crippen LogP contribution is 2.31. The third kappa shape index (κ3) is 3.73. The van der Waals surface area contributed by atoms with Crippen molar-refractivity contribution >= 4 is 10.0 Å². The molecule has 1 aromatic carbocycles. The zero-order valence-corrected chi connectivity index (χ0v) is 15.7. The van der Waals surface area contributed by atoms with Gasteiger partial charge in [0.2, 0.25) is 15.9 Å². The van der Waals surface area contributed by atoms with E-state index in [-0.39, 0.29) is 17.5 Å². The summed E-state index contributed by atoms with van der Waals surface area (Å²) in [7, 11) is -0.675. The zero-order chi connectivity index (χ0) is 18.7. The van der Waals surface area contributed by atoms with Gasteiger partial charge in [-0.2, -0.15) is 9.40 Å². The fraction of sp³-hybridized carbons (Fsp3) is 0.412. The van der Waals surface area contributed by atoms with Crippen molar-refractivity contribution in [2.45, 2.75) is 24.3 Å². The average molecular weight is 379 g/mol. The summed E-state index contributed by atoms with van der Waals surface area (Å²) >= 11 is 0. The number of benzene rings is 1. The molecule has 0 radical (unpaired) electrons. The summed E-state index contributed by atoms with van der Waals surface area (Å²) in [5.41, 5.74) is 0.793. The van der Waals surface area contributed by atoms with E-state index < -0.39 is 10.0 Å². The fourth-order valence-electron chi connectivity index (χ4n) is 2.76. The first-order valence-electron chi connectivity index (χ1n) is 8.13. The molecule has 1 fully saturated rings. The van der Waals surface area contributed by atoms with Crippen molar-refractivity contribution in [3.8, 4) is 17.4 Å². The lowest BCUT2D eigenvalue weighted by molar-refractivity contribution is 0.204. The maximum absolute atomic E-state index is 12.9. The first-order valence-corrected chi connectivity index (χ1v) is 9.57. The third-order valence-corrected chi connectivity index (χ3v) is 6.02. The Kier molecular flexibility index (Phi) is 5.28. The Balaban J connectivity index is 1.73. The predicted molar refractivity (Wildman–Crippen MR) is 94.1 cm³/mol. The normalized spacial score (nSPS) is 17.9. The first-order chi connectivity index (χ1) is 12.4. The lowest BCUT2D eigenvalue weighted by atomic mass is 10.3. The van der Waals surface area contributed by atoms with Crippen LogP contribution in [0, 0.1) is 6.92 Å². The number of sulfonamides is 1. The van der Waals surface area contributed by atoms with E-state index in [0.717, 1.165) is 5.69 Å². The summed E-state index contributed by atoms with van der Waals surface area (Å²) in [4.78, 5) is 0.158. The Morgan fingerprint density at radius 1 is 1.08 bits per heavy atom.